The van der Waals surface area contributed by atoms with E-state index in [-0.39, 0.29) is 17.8 Å². The van der Waals surface area contributed by atoms with E-state index in [1.54, 1.807) is 6.92 Å². The van der Waals surface area contributed by atoms with Crippen molar-refractivity contribution in [2.45, 2.75) is 26.3 Å². The van der Waals surface area contributed by atoms with Crippen molar-refractivity contribution >= 4 is 29.1 Å². The lowest BCUT2D eigenvalue weighted by Gasteiger charge is -2.20. The number of nitrogens with zero attached hydrogens (tertiary/aromatic N) is 1. The van der Waals surface area contributed by atoms with Crippen LogP contribution in [0.15, 0.2) is 48.5 Å². The van der Waals surface area contributed by atoms with Crippen LogP contribution in [0, 0.1) is 22.0 Å². The van der Waals surface area contributed by atoms with Gasteiger partial charge in [-0.15, -0.1) is 0 Å². The molecule has 3 N–H and O–H groups in total. The largest absolute Gasteiger partial charge is 0.369 e. The standard InChI is InChI=1S/C20H22ClN3O4/c1-13(17(19(22)25)9-7-14-5-3-2-4-6-14)20(26)23-12-15-11-16(21)8-10-18(15)24(27)28/h2-6,8,10-11,13,17H,7,9,12H2,1H3,(H2,22,25)(H,23,26)/t13-,17?/m0/s1. The van der Waals surface area contributed by atoms with Gasteiger partial charge in [-0.25, -0.2) is 0 Å². The predicted octanol–water partition coefficient (Wildman–Crippen LogP) is 3.23. The first kappa shape index (κ1) is 21.4. The van der Waals surface area contributed by atoms with Gasteiger partial charge in [0, 0.05) is 29.5 Å². The van der Waals surface area contributed by atoms with Crippen LogP contribution in [-0.2, 0) is 22.6 Å². The van der Waals surface area contributed by atoms with Gasteiger partial charge < -0.3 is 11.1 Å². The normalized spacial score (nSPS) is 12.8. The van der Waals surface area contributed by atoms with E-state index in [1.165, 1.54) is 18.2 Å². The molecule has 0 bridgehead atoms. The van der Waals surface area contributed by atoms with Gasteiger partial charge in [-0.1, -0.05) is 48.9 Å². The molecule has 0 heterocycles. The minimum absolute atomic E-state index is 0.0653. The summed E-state index contributed by atoms with van der Waals surface area (Å²) in [6, 6.07) is 13.7. The second kappa shape index (κ2) is 9.85. The van der Waals surface area contributed by atoms with Crippen LogP contribution in [0.1, 0.15) is 24.5 Å². The molecule has 0 spiro atoms. The summed E-state index contributed by atoms with van der Waals surface area (Å²) in [6.45, 7) is 1.56. The van der Waals surface area contributed by atoms with Gasteiger partial charge in [-0.05, 0) is 30.5 Å². The lowest BCUT2D eigenvalue weighted by molar-refractivity contribution is -0.385. The summed E-state index contributed by atoms with van der Waals surface area (Å²) < 4.78 is 0. The summed E-state index contributed by atoms with van der Waals surface area (Å²) in [6.07, 6.45) is 1.05. The van der Waals surface area contributed by atoms with E-state index in [4.69, 9.17) is 17.3 Å². The number of primary amides is 1. The fourth-order valence-electron chi connectivity index (χ4n) is 3.01. The quantitative estimate of drug-likeness (QED) is 0.493. The SMILES string of the molecule is C[C@H](C(=O)NCc1cc(Cl)ccc1[N+](=O)[O-])C(CCc1ccccc1)C(N)=O. The predicted molar refractivity (Wildman–Crippen MR) is 107 cm³/mol. The minimum atomic E-state index is -0.667. The van der Waals surface area contributed by atoms with E-state index >= 15 is 0 Å². The van der Waals surface area contributed by atoms with E-state index in [2.05, 4.69) is 5.32 Å². The smallest absolute Gasteiger partial charge is 0.274 e. The molecule has 0 aliphatic heterocycles. The Morgan fingerprint density at radius 1 is 1.21 bits per heavy atom. The second-order valence-electron chi connectivity index (χ2n) is 6.57. The summed E-state index contributed by atoms with van der Waals surface area (Å²) in [4.78, 5) is 35.0. The maximum atomic E-state index is 12.5. The van der Waals surface area contributed by atoms with Gasteiger partial charge in [0.1, 0.15) is 0 Å². The molecule has 0 fully saturated rings. The number of halogens is 1. The maximum absolute atomic E-state index is 12.5. The van der Waals surface area contributed by atoms with Gasteiger partial charge in [0.2, 0.25) is 11.8 Å². The average Bonchev–Trinajstić information content (AvgIpc) is 2.66. The first-order valence-corrected chi connectivity index (χ1v) is 9.21. The van der Waals surface area contributed by atoms with E-state index in [1.807, 2.05) is 30.3 Å². The molecular formula is C20H22ClN3O4. The summed E-state index contributed by atoms with van der Waals surface area (Å²) in [5, 5.41) is 14.1. The van der Waals surface area contributed by atoms with Gasteiger partial charge in [0.15, 0.2) is 0 Å². The number of amides is 2. The van der Waals surface area contributed by atoms with Crippen molar-refractivity contribution in [1.29, 1.82) is 0 Å². The molecule has 7 nitrogen and oxygen atoms in total. The summed E-state index contributed by atoms with van der Waals surface area (Å²) in [7, 11) is 0. The van der Waals surface area contributed by atoms with Gasteiger partial charge in [0.25, 0.3) is 5.69 Å². The highest BCUT2D eigenvalue weighted by atomic mass is 35.5. The number of nitro groups is 1. The van der Waals surface area contributed by atoms with E-state index < -0.39 is 28.6 Å². The van der Waals surface area contributed by atoms with E-state index in [9.17, 15) is 19.7 Å². The lowest BCUT2D eigenvalue weighted by Crippen LogP contribution is -2.39. The topological polar surface area (TPSA) is 115 Å². The lowest BCUT2D eigenvalue weighted by atomic mass is 9.87. The van der Waals surface area contributed by atoms with E-state index in [0.29, 0.717) is 17.9 Å². The fourth-order valence-corrected chi connectivity index (χ4v) is 3.20. The van der Waals surface area contributed by atoms with Crippen molar-refractivity contribution in [2.75, 3.05) is 0 Å². The van der Waals surface area contributed by atoms with Crippen LogP contribution < -0.4 is 11.1 Å². The highest BCUT2D eigenvalue weighted by Crippen LogP contribution is 2.23. The van der Waals surface area contributed by atoms with E-state index in [0.717, 1.165) is 5.56 Å². The van der Waals surface area contributed by atoms with Crippen molar-refractivity contribution < 1.29 is 14.5 Å². The molecule has 0 aliphatic carbocycles. The van der Waals surface area contributed by atoms with Crippen molar-refractivity contribution in [3.05, 3.63) is 74.8 Å². The van der Waals surface area contributed by atoms with Crippen LogP contribution in [0.25, 0.3) is 0 Å². The Kier molecular flexibility index (Phi) is 7.52. The summed E-state index contributed by atoms with van der Waals surface area (Å²) in [5.41, 5.74) is 6.71. The number of nitrogens with two attached hydrogens (primary N) is 1. The van der Waals surface area contributed by atoms with Crippen LogP contribution in [0.4, 0.5) is 5.69 Å². The van der Waals surface area contributed by atoms with Crippen molar-refractivity contribution in [3.63, 3.8) is 0 Å². The zero-order valence-electron chi connectivity index (χ0n) is 15.4. The fraction of sp³-hybridized carbons (Fsp3) is 0.300. The number of rotatable bonds is 9. The third-order valence-corrected chi connectivity index (χ3v) is 4.90. The molecular weight excluding hydrogens is 382 g/mol. The highest BCUT2D eigenvalue weighted by Gasteiger charge is 2.28. The van der Waals surface area contributed by atoms with Crippen LogP contribution >= 0.6 is 11.6 Å². The molecule has 8 heteroatoms. The number of aryl methyl sites for hydroxylation is 1. The van der Waals surface area contributed by atoms with Gasteiger partial charge >= 0.3 is 0 Å². The molecule has 28 heavy (non-hydrogen) atoms. The number of carbonyl (C=O) groups excluding carboxylic acids is 2. The molecule has 0 aromatic heterocycles. The van der Waals surface area contributed by atoms with Crippen molar-refractivity contribution in [1.82, 2.24) is 5.32 Å². The highest BCUT2D eigenvalue weighted by molar-refractivity contribution is 6.30. The Bertz CT molecular complexity index is 858. The zero-order chi connectivity index (χ0) is 20.7. The van der Waals surface area contributed by atoms with Crippen molar-refractivity contribution in [2.24, 2.45) is 17.6 Å². The number of hydrogen-bond donors (Lipinski definition) is 2. The molecule has 2 aromatic rings. The molecule has 2 rings (SSSR count). The Morgan fingerprint density at radius 2 is 1.89 bits per heavy atom. The molecule has 2 atom stereocenters. The molecule has 148 valence electrons. The number of nitrogens with one attached hydrogen (secondary N) is 1. The number of hydrogen-bond acceptors (Lipinski definition) is 4. The van der Waals surface area contributed by atoms with Crippen LogP contribution in [0.5, 0.6) is 0 Å². The maximum Gasteiger partial charge on any atom is 0.274 e. The first-order valence-electron chi connectivity index (χ1n) is 8.83. The first-order chi connectivity index (χ1) is 13.3. The Labute approximate surface area is 168 Å². The molecule has 1 unspecified atom stereocenters. The average molecular weight is 404 g/mol. The molecule has 0 saturated carbocycles. The minimum Gasteiger partial charge on any atom is -0.369 e. The van der Waals surface area contributed by atoms with Gasteiger partial charge in [-0.2, -0.15) is 0 Å². The number of nitro benzene ring substituents is 1. The third-order valence-electron chi connectivity index (χ3n) is 4.66. The van der Waals surface area contributed by atoms with Crippen LogP contribution in [0.2, 0.25) is 5.02 Å². The Balaban J connectivity index is 2.02. The third kappa shape index (κ3) is 5.79. The molecule has 2 aromatic carbocycles. The summed E-state index contributed by atoms with van der Waals surface area (Å²) in [5.74, 6) is -2.26. The number of carbonyl (C=O) groups is 2. The number of benzene rings is 2. The van der Waals surface area contributed by atoms with Crippen LogP contribution in [-0.4, -0.2) is 16.7 Å². The Hall–Kier alpha value is -2.93. The molecule has 0 aliphatic rings. The Morgan fingerprint density at radius 3 is 2.50 bits per heavy atom. The second-order valence-corrected chi connectivity index (χ2v) is 7.01. The molecule has 0 saturated heterocycles. The van der Waals surface area contributed by atoms with Gasteiger partial charge in [0.05, 0.1) is 10.5 Å². The monoisotopic (exact) mass is 403 g/mol. The van der Waals surface area contributed by atoms with Crippen LogP contribution in [0.3, 0.4) is 0 Å². The molecule has 0 radical (unpaired) electrons. The van der Waals surface area contributed by atoms with Crippen molar-refractivity contribution in [3.8, 4) is 0 Å². The van der Waals surface area contributed by atoms with Gasteiger partial charge in [-0.3, -0.25) is 19.7 Å². The summed E-state index contributed by atoms with van der Waals surface area (Å²) >= 11 is 5.89. The molecule has 2 amide bonds. The zero-order valence-corrected chi connectivity index (χ0v) is 16.2.